The van der Waals surface area contributed by atoms with Gasteiger partial charge in [0.15, 0.2) is 0 Å². The van der Waals surface area contributed by atoms with E-state index in [9.17, 15) is 0 Å². The Labute approximate surface area is 114 Å². The number of hydrogen-bond donors (Lipinski definition) is 0. The number of hydrogen-bond acceptors (Lipinski definition) is 3. The average molecular weight is 303 g/mol. The molecule has 1 aliphatic rings. The molecule has 90 valence electrons. The van der Waals surface area contributed by atoms with E-state index in [-0.39, 0.29) is 6.04 Å². The largest absolute Gasteiger partial charge is 0.475 e. The molecule has 0 fully saturated rings. The monoisotopic (exact) mass is 302 g/mol. The number of halogens is 1. The van der Waals surface area contributed by atoms with Crippen LogP contribution in [-0.4, -0.2) is 17.5 Å². The Morgan fingerprint density at radius 2 is 2.00 bits per heavy atom. The third-order valence-electron chi connectivity index (χ3n) is 2.79. The van der Waals surface area contributed by atoms with Crippen LogP contribution in [-0.2, 0) is 4.74 Å². The molecule has 1 aromatic carbocycles. The maximum absolute atomic E-state index is 5.65. The third-order valence-corrected chi connectivity index (χ3v) is 3.22. The number of aliphatic imine (C=N–C) groups is 1. The second-order valence-electron chi connectivity index (χ2n) is 4.06. The van der Waals surface area contributed by atoms with Crippen molar-refractivity contribution in [2.45, 2.75) is 6.04 Å². The maximum atomic E-state index is 5.65. The lowest BCUT2D eigenvalue weighted by atomic mass is 10.1. The Bertz CT molecular complexity index is 583. The van der Waals surface area contributed by atoms with Gasteiger partial charge in [0.05, 0.1) is 5.56 Å². The van der Waals surface area contributed by atoms with Gasteiger partial charge in [-0.15, -0.1) is 0 Å². The SMILES string of the molecule is Brc1cncc(C2=N[C@H](c3ccccc3)CO2)c1. The van der Waals surface area contributed by atoms with Crippen LogP contribution in [0.15, 0.2) is 58.3 Å². The number of rotatable bonds is 2. The van der Waals surface area contributed by atoms with Gasteiger partial charge in [0.25, 0.3) is 0 Å². The number of aromatic nitrogens is 1. The quantitative estimate of drug-likeness (QED) is 0.852. The Morgan fingerprint density at radius 1 is 1.17 bits per heavy atom. The minimum Gasteiger partial charge on any atom is -0.475 e. The highest BCUT2D eigenvalue weighted by Gasteiger charge is 2.21. The van der Waals surface area contributed by atoms with E-state index in [1.165, 1.54) is 5.56 Å². The molecule has 1 atom stereocenters. The molecule has 1 aromatic heterocycles. The van der Waals surface area contributed by atoms with Gasteiger partial charge in [-0.1, -0.05) is 30.3 Å². The number of nitrogens with zero attached hydrogens (tertiary/aromatic N) is 2. The van der Waals surface area contributed by atoms with Crippen LogP contribution in [0, 0.1) is 0 Å². The molecule has 3 rings (SSSR count). The highest BCUT2D eigenvalue weighted by atomic mass is 79.9. The van der Waals surface area contributed by atoms with E-state index >= 15 is 0 Å². The predicted octanol–water partition coefficient (Wildman–Crippen LogP) is 3.36. The van der Waals surface area contributed by atoms with Crippen LogP contribution >= 0.6 is 15.9 Å². The number of ether oxygens (including phenoxy) is 1. The summed E-state index contributed by atoms with van der Waals surface area (Å²) in [5.74, 6) is 0.664. The summed E-state index contributed by atoms with van der Waals surface area (Å²) in [5.41, 5.74) is 2.08. The van der Waals surface area contributed by atoms with Crippen molar-refractivity contribution in [3.05, 3.63) is 64.4 Å². The highest BCUT2D eigenvalue weighted by molar-refractivity contribution is 9.10. The van der Waals surface area contributed by atoms with E-state index in [2.05, 4.69) is 38.0 Å². The van der Waals surface area contributed by atoms with Crippen molar-refractivity contribution in [1.82, 2.24) is 4.98 Å². The molecule has 0 saturated carbocycles. The van der Waals surface area contributed by atoms with Crippen LogP contribution < -0.4 is 0 Å². The van der Waals surface area contributed by atoms with Gasteiger partial charge in [-0.25, -0.2) is 4.99 Å². The molecule has 18 heavy (non-hydrogen) atoms. The summed E-state index contributed by atoms with van der Waals surface area (Å²) in [7, 11) is 0. The molecular formula is C14H11BrN2O. The van der Waals surface area contributed by atoms with Gasteiger partial charge in [-0.3, -0.25) is 4.98 Å². The molecule has 0 amide bonds. The minimum atomic E-state index is 0.0835. The zero-order valence-corrected chi connectivity index (χ0v) is 11.2. The lowest BCUT2D eigenvalue weighted by Crippen LogP contribution is -2.01. The molecular weight excluding hydrogens is 292 g/mol. The van der Waals surface area contributed by atoms with Crippen LogP contribution in [0.4, 0.5) is 0 Å². The van der Waals surface area contributed by atoms with E-state index in [0.29, 0.717) is 12.5 Å². The second-order valence-corrected chi connectivity index (χ2v) is 4.98. The molecule has 0 N–H and O–H groups in total. The van der Waals surface area contributed by atoms with Crippen molar-refractivity contribution in [3.8, 4) is 0 Å². The fourth-order valence-corrected chi connectivity index (χ4v) is 2.27. The normalized spacial score (nSPS) is 18.3. The van der Waals surface area contributed by atoms with Crippen LogP contribution in [0.5, 0.6) is 0 Å². The molecule has 0 radical (unpaired) electrons. The summed E-state index contributed by atoms with van der Waals surface area (Å²) < 4.78 is 6.58. The fourth-order valence-electron chi connectivity index (χ4n) is 1.91. The van der Waals surface area contributed by atoms with E-state index in [4.69, 9.17) is 4.74 Å². The summed E-state index contributed by atoms with van der Waals surface area (Å²) in [6.45, 7) is 0.589. The smallest absolute Gasteiger partial charge is 0.218 e. The van der Waals surface area contributed by atoms with Gasteiger partial charge >= 0.3 is 0 Å². The average Bonchev–Trinajstić information content (AvgIpc) is 2.89. The Morgan fingerprint density at radius 3 is 2.78 bits per heavy atom. The van der Waals surface area contributed by atoms with Crippen LogP contribution in [0.3, 0.4) is 0 Å². The highest BCUT2D eigenvalue weighted by Crippen LogP contribution is 2.25. The first-order chi connectivity index (χ1) is 8.83. The molecule has 2 heterocycles. The molecule has 0 saturated heterocycles. The maximum Gasteiger partial charge on any atom is 0.218 e. The second kappa shape index (κ2) is 4.90. The van der Waals surface area contributed by atoms with Gasteiger partial charge in [-0.2, -0.15) is 0 Å². The lowest BCUT2D eigenvalue weighted by molar-refractivity contribution is 0.319. The molecule has 0 aliphatic carbocycles. The summed E-state index contributed by atoms with van der Waals surface area (Å²) in [6, 6.07) is 12.2. The standard InChI is InChI=1S/C14H11BrN2O/c15-12-6-11(7-16-8-12)14-17-13(9-18-14)10-4-2-1-3-5-10/h1-8,13H,9H2/t13-/m0/s1. The van der Waals surface area contributed by atoms with E-state index in [1.54, 1.807) is 12.4 Å². The molecule has 3 nitrogen and oxygen atoms in total. The summed E-state index contributed by atoms with van der Waals surface area (Å²) in [4.78, 5) is 8.72. The van der Waals surface area contributed by atoms with Crippen LogP contribution in [0.2, 0.25) is 0 Å². The van der Waals surface area contributed by atoms with E-state index in [0.717, 1.165) is 10.0 Å². The molecule has 4 heteroatoms. The topological polar surface area (TPSA) is 34.5 Å². The van der Waals surface area contributed by atoms with Crippen LogP contribution in [0.1, 0.15) is 17.2 Å². The summed E-state index contributed by atoms with van der Waals surface area (Å²) in [6.07, 6.45) is 3.50. The van der Waals surface area contributed by atoms with Crippen molar-refractivity contribution >= 4 is 21.8 Å². The van der Waals surface area contributed by atoms with Gasteiger partial charge in [0, 0.05) is 16.9 Å². The van der Waals surface area contributed by atoms with Gasteiger partial charge in [0.2, 0.25) is 5.90 Å². The first kappa shape index (κ1) is 11.4. The first-order valence-corrected chi connectivity index (χ1v) is 6.49. The number of benzene rings is 1. The van der Waals surface area contributed by atoms with Crippen molar-refractivity contribution in [3.63, 3.8) is 0 Å². The van der Waals surface area contributed by atoms with Crippen molar-refractivity contribution in [1.29, 1.82) is 0 Å². The third kappa shape index (κ3) is 2.29. The van der Waals surface area contributed by atoms with Crippen molar-refractivity contribution in [2.75, 3.05) is 6.61 Å². The van der Waals surface area contributed by atoms with Crippen molar-refractivity contribution in [2.24, 2.45) is 4.99 Å². The Kier molecular flexibility index (Phi) is 3.11. The predicted molar refractivity (Wildman–Crippen MR) is 73.6 cm³/mol. The first-order valence-electron chi connectivity index (χ1n) is 5.69. The lowest BCUT2D eigenvalue weighted by Gasteiger charge is -2.03. The summed E-state index contributed by atoms with van der Waals surface area (Å²) in [5, 5.41) is 0. The Hall–Kier alpha value is -1.68. The Balaban J connectivity index is 1.88. The van der Waals surface area contributed by atoms with E-state index < -0.39 is 0 Å². The molecule has 0 unspecified atom stereocenters. The minimum absolute atomic E-state index is 0.0835. The molecule has 2 aromatic rings. The van der Waals surface area contributed by atoms with Gasteiger partial charge in [0.1, 0.15) is 12.6 Å². The molecule has 0 spiro atoms. The number of pyridine rings is 1. The molecule has 0 bridgehead atoms. The fraction of sp³-hybridized carbons (Fsp3) is 0.143. The zero-order valence-electron chi connectivity index (χ0n) is 9.58. The summed E-state index contributed by atoms with van der Waals surface area (Å²) >= 11 is 3.40. The van der Waals surface area contributed by atoms with E-state index in [1.807, 2.05) is 24.3 Å². The molecule has 1 aliphatic heterocycles. The van der Waals surface area contributed by atoms with Gasteiger partial charge in [-0.05, 0) is 27.6 Å². The van der Waals surface area contributed by atoms with Crippen molar-refractivity contribution < 1.29 is 4.74 Å². The van der Waals surface area contributed by atoms with Crippen LogP contribution in [0.25, 0.3) is 0 Å². The zero-order chi connectivity index (χ0) is 12.4. The van der Waals surface area contributed by atoms with Gasteiger partial charge < -0.3 is 4.74 Å².